The van der Waals surface area contributed by atoms with Crippen LogP contribution in [0.3, 0.4) is 0 Å². The van der Waals surface area contributed by atoms with Gasteiger partial charge in [0.1, 0.15) is 5.58 Å². The summed E-state index contributed by atoms with van der Waals surface area (Å²) in [6.45, 7) is 0. The van der Waals surface area contributed by atoms with Gasteiger partial charge < -0.3 is 14.8 Å². The summed E-state index contributed by atoms with van der Waals surface area (Å²) in [6.07, 6.45) is 7.44. The molecule has 0 radical (unpaired) electrons. The molecule has 0 saturated heterocycles. The number of benzene rings is 1. The highest BCUT2D eigenvalue weighted by atomic mass is 16.3. The second-order valence-electron chi connectivity index (χ2n) is 6.90. The molecule has 3 aromatic rings. The number of rotatable bonds is 3. The molecule has 0 aliphatic heterocycles. The Kier molecular flexibility index (Phi) is 4.71. The number of nitrogens with one attached hydrogen (secondary N) is 1. The molecule has 2 aromatic heterocycles. The predicted octanol–water partition coefficient (Wildman–Crippen LogP) is 3.92. The summed E-state index contributed by atoms with van der Waals surface area (Å²) in [5, 5.41) is 13.8. The van der Waals surface area contributed by atoms with Crippen LogP contribution in [0.5, 0.6) is 0 Å². The topological polar surface area (TPSA) is 75.4 Å². The third kappa shape index (κ3) is 3.48. The van der Waals surface area contributed by atoms with E-state index in [0.717, 1.165) is 54.3 Å². The van der Waals surface area contributed by atoms with Crippen LogP contribution >= 0.6 is 0 Å². The molecule has 2 atom stereocenters. The fourth-order valence-electron chi connectivity index (χ4n) is 3.60. The molecule has 1 aromatic carbocycles. The van der Waals surface area contributed by atoms with E-state index in [4.69, 9.17) is 4.42 Å². The highest BCUT2D eigenvalue weighted by Gasteiger charge is 2.19. The van der Waals surface area contributed by atoms with Gasteiger partial charge >= 0.3 is 0 Å². The highest BCUT2D eigenvalue weighted by Crippen LogP contribution is 2.27. The number of pyridine rings is 1. The first kappa shape index (κ1) is 16.8. The molecule has 5 heteroatoms. The van der Waals surface area contributed by atoms with Crippen molar-refractivity contribution in [1.82, 2.24) is 10.3 Å². The molecule has 134 valence electrons. The van der Waals surface area contributed by atoms with Crippen LogP contribution in [-0.2, 0) is 0 Å². The summed E-state index contributed by atoms with van der Waals surface area (Å²) in [5.74, 6) is -0.0626. The molecule has 2 unspecified atom stereocenters. The molecule has 5 nitrogen and oxygen atoms in total. The van der Waals surface area contributed by atoms with Gasteiger partial charge in [-0.1, -0.05) is 12.1 Å². The van der Waals surface area contributed by atoms with Gasteiger partial charge in [-0.25, -0.2) is 0 Å². The van der Waals surface area contributed by atoms with Gasteiger partial charge in [0.05, 0.1) is 18.1 Å². The number of hydrogen-bond donors (Lipinski definition) is 2. The smallest absolute Gasteiger partial charge is 0.251 e. The largest absolute Gasteiger partial charge is 0.464 e. The molecule has 0 spiro atoms. The molecule has 1 aliphatic carbocycles. The van der Waals surface area contributed by atoms with Gasteiger partial charge in [-0.3, -0.25) is 9.78 Å². The number of aliphatic hydroxyl groups is 1. The van der Waals surface area contributed by atoms with E-state index >= 15 is 0 Å². The fourth-order valence-corrected chi connectivity index (χ4v) is 3.60. The van der Waals surface area contributed by atoms with Crippen molar-refractivity contribution in [2.45, 2.75) is 44.2 Å². The number of nitrogens with zero attached hydrogens (tertiary/aromatic N) is 1. The van der Waals surface area contributed by atoms with Crippen molar-refractivity contribution < 1.29 is 14.3 Å². The van der Waals surface area contributed by atoms with E-state index in [2.05, 4.69) is 10.3 Å². The maximum atomic E-state index is 12.5. The lowest BCUT2D eigenvalue weighted by atomic mass is 10.0. The van der Waals surface area contributed by atoms with Gasteiger partial charge in [-0.2, -0.15) is 0 Å². The molecule has 1 saturated carbocycles. The lowest BCUT2D eigenvalue weighted by Gasteiger charge is -2.16. The fraction of sp³-hybridized carbons (Fsp3) is 0.333. The number of aromatic nitrogens is 1. The average molecular weight is 350 g/mol. The highest BCUT2D eigenvalue weighted by molar-refractivity contribution is 5.96. The summed E-state index contributed by atoms with van der Waals surface area (Å²) < 4.78 is 5.42. The third-order valence-electron chi connectivity index (χ3n) is 5.07. The van der Waals surface area contributed by atoms with Gasteiger partial charge in [0.2, 0.25) is 0 Å². The molecular formula is C21H22N2O3. The lowest BCUT2D eigenvalue weighted by molar-refractivity contribution is 0.0931. The molecular weight excluding hydrogens is 328 g/mol. The quantitative estimate of drug-likeness (QED) is 0.702. The predicted molar refractivity (Wildman–Crippen MR) is 99.8 cm³/mol. The maximum absolute atomic E-state index is 12.5. The Balaban J connectivity index is 1.49. The minimum absolute atomic E-state index is 0.0626. The zero-order valence-corrected chi connectivity index (χ0v) is 14.5. The Morgan fingerprint density at radius 1 is 1.08 bits per heavy atom. The van der Waals surface area contributed by atoms with Crippen molar-refractivity contribution in [1.29, 1.82) is 0 Å². The van der Waals surface area contributed by atoms with Crippen LogP contribution < -0.4 is 5.32 Å². The Morgan fingerprint density at radius 3 is 2.77 bits per heavy atom. The number of carbonyl (C=O) groups is 1. The number of aliphatic hydroxyl groups excluding tert-OH is 1. The van der Waals surface area contributed by atoms with Gasteiger partial charge in [-0.15, -0.1) is 0 Å². The Morgan fingerprint density at radius 2 is 1.92 bits per heavy atom. The van der Waals surface area contributed by atoms with E-state index in [-0.39, 0.29) is 18.1 Å². The number of furan rings is 1. The molecule has 4 rings (SSSR count). The first-order valence-electron chi connectivity index (χ1n) is 9.12. The first-order valence-corrected chi connectivity index (χ1v) is 9.12. The first-order chi connectivity index (χ1) is 12.7. The molecule has 2 N–H and O–H groups in total. The molecule has 1 amide bonds. The summed E-state index contributed by atoms with van der Waals surface area (Å²) in [5.41, 5.74) is 3.23. The molecule has 26 heavy (non-hydrogen) atoms. The van der Waals surface area contributed by atoms with E-state index in [1.807, 2.05) is 36.4 Å². The van der Waals surface area contributed by atoms with Crippen molar-refractivity contribution in [2.75, 3.05) is 0 Å². The second kappa shape index (κ2) is 7.30. The standard InChI is InChI=1S/C21H22N2O3/c24-17-3-1-2-16(8-9-17)23-21(25)15-6-4-14(5-7-15)20-18-11-13-26-19(18)10-12-22-20/h4-7,10-13,16-17,24H,1-3,8-9H2,(H,23,25). The van der Waals surface area contributed by atoms with E-state index in [9.17, 15) is 9.90 Å². The zero-order chi connectivity index (χ0) is 17.9. The zero-order valence-electron chi connectivity index (χ0n) is 14.5. The van der Waals surface area contributed by atoms with E-state index < -0.39 is 0 Å². The van der Waals surface area contributed by atoms with E-state index in [1.54, 1.807) is 12.5 Å². The van der Waals surface area contributed by atoms with Crippen LogP contribution in [0.4, 0.5) is 0 Å². The minimum atomic E-state index is -0.227. The van der Waals surface area contributed by atoms with E-state index in [1.165, 1.54) is 0 Å². The van der Waals surface area contributed by atoms with Gasteiger partial charge in [0, 0.05) is 28.8 Å². The monoisotopic (exact) mass is 350 g/mol. The number of hydrogen-bond acceptors (Lipinski definition) is 4. The van der Waals surface area contributed by atoms with Gasteiger partial charge in [0.15, 0.2) is 0 Å². The third-order valence-corrected chi connectivity index (χ3v) is 5.07. The molecule has 1 aliphatic rings. The average Bonchev–Trinajstić information content (AvgIpc) is 3.06. The maximum Gasteiger partial charge on any atom is 0.251 e. The minimum Gasteiger partial charge on any atom is -0.464 e. The second-order valence-corrected chi connectivity index (χ2v) is 6.90. The summed E-state index contributed by atoms with van der Waals surface area (Å²) >= 11 is 0. The van der Waals surface area contributed by atoms with Crippen LogP contribution in [0.25, 0.3) is 22.2 Å². The van der Waals surface area contributed by atoms with Crippen molar-refractivity contribution >= 4 is 16.9 Å². The number of fused-ring (bicyclic) bond motifs is 1. The molecule has 2 heterocycles. The van der Waals surface area contributed by atoms with Crippen LogP contribution in [0, 0.1) is 0 Å². The van der Waals surface area contributed by atoms with Crippen LogP contribution in [0.2, 0.25) is 0 Å². The van der Waals surface area contributed by atoms with Crippen molar-refractivity contribution in [2.24, 2.45) is 0 Å². The van der Waals surface area contributed by atoms with Gasteiger partial charge in [0.25, 0.3) is 5.91 Å². The van der Waals surface area contributed by atoms with Crippen LogP contribution in [-0.4, -0.2) is 28.1 Å². The Bertz CT molecular complexity index is 901. The van der Waals surface area contributed by atoms with Crippen LogP contribution in [0.1, 0.15) is 42.5 Å². The molecule has 1 fully saturated rings. The lowest BCUT2D eigenvalue weighted by Crippen LogP contribution is -2.34. The van der Waals surface area contributed by atoms with Crippen molar-refractivity contribution in [3.8, 4) is 11.3 Å². The van der Waals surface area contributed by atoms with Crippen molar-refractivity contribution in [3.05, 3.63) is 54.4 Å². The summed E-state index contributed by atoms with van der Waals surface area (Å²) in [7, 11) is 0. The summed E-state index contributed by atoms with van der Waals surface area (Å²) in [6, 6.07) is 11.4. The van der Waals surface area contributed by atoms with E-state index in [0.29, 0.717) is 5.56 Å². The van der Waals surface area contributed by atoms with Gasteiger partial charge in [-0.05, 0) is 56.4 Å². The molecule has 0 bridgehead atoms. The SMILES string of the molecule is O=C(NC1CCCC(O)CC1)c1ccc(-c2nccc3occc23)cc1. The number of amides is 1. The van der Waals surface area contributed by atoms with Crippen molar-refractivity contribution in [3.63, 3.8) is 0 Å². The van der Waals surface area contributed by atoms with Crippen LogP contribution in [0.15, 0.2) is 53.3 Å². The normalized spacial score (nSPS) is 20.7. The summed E-state index contributed by atoms with van der Waals surface area (Å²) in [4.78, 5) is 17.0. The Labute approximate surface area is 152 Å². The Hall–Kier alpha value is -2.66. The number of carbonyl (C=O) groups excluding carboxylic acids is 1.